The Hall–Kier alpha value is -1.97. The number of carbonyl (C=O) groups is 1. The van der Waals surface area contributed by atoms with E-state index in [1.807, 2.05) is 6.07 Å². The highest BCUT2D eigenvalue weighted by Gasteiger charge is 2.36. The molecule has 2 aliphatic rings. The second-order valence-corrected chi connectivity index (χ2v) is 8.61. The number of thiazole rings is 1. The molecule has 2 aromatic rings. The molecule has 4 rings (SSSR count). The molecule has 1 aromatic heterocycles. The Morgan fingerprint density at radius 1 is 1.35 bits per heavy atom. The van der Waals surface area contributed by atoms with Crippen molar-refractivity contribution in [2.45, 2.75) is 50.0 Å². The fraction of sp³-hybridized carbons (Fsp3) is 0.550. The van der Waals surface area contributed by atoms with Crippen LogP contribution in [0.15, 0.2) is 24.3 Å². The number of piperidine rings is 1. The van der Waals surface area contributed by atoms with Gasteiger partial charge in [-0.1, -0.05) is 12.1 Å². The number of hydrogen-bond acceptors (Lipinski definition) is 5. The SMILES string of the molecule is N#CC1(NC(=O)CN2CCC[C@H](c3nc4ccccc4s3)C2)CCCC1. The van der Waals surface area contributed by atoms with Crippen LogP contribution in [0.4, 0.5) is 0 Å². The molecule has 136 valence electrons. The van der Waals surface area contributed by atoms with Gasteiger partial charge in [0.2, 0.25) is 5.91 Å². The van der Waals surface area contributed by atoms with Crippen molar-refractivity contribution in [2.24, 2.45) is 0 Å². The molecule has 6 heteroatoms. The summed E-state index contributed by atoms with van der Waals surface area (Å²) in [5, 5.41) is 13.6. The maximum Gasteiger partial charge on any atom is 0.235 e. The predicted octanol–water partition coefficient (Wildman–Crippen LogP) is 3.43. The summed E-state index contributed by atoms with van der Waals surface area (Å²) >= 11 is 1.77. The average Bonchev–Trinajstić information content (AvgIpc) is 3.29. The first-order valence-electron chi connectivity index (χ1n) is 9.48. The van der Waals surface area contributed by atoms with Crippen molar-refractivity contribution in [1.29, 1.82) is 5.26 Å². The first kappa shape index (κ1) is 17.4. The number of carbonyl (C=O) groups excluding carboxylic acids is 1. The summed E-state index contributed by atoms with van der Waals surface area (Å²) in [4.78, 5) is 19.5. The molecule has 0 unspecified atom stereocenters. The molecule has 1 amide bonds. The van der Waals surface area contributed by atoms with Crippen LogP contribution in [0.25, 0.3) is 10.2 Å². The van der Waals surface area contributed by atoms with Gasteiger partial charge in [-0.15, -0.1) is 11.3 Å². The Morgan fingerprint density at radius 3 is 2.92 bits per heavy atom. The summed E-state index contributed by atoms with van der Waals surface area (Å²) in [5.74, 6) is 0.378. The number of aromatic nitrogens is 1. The molecule has 2 heterocycles. The van der Waals surface area contributed by atoms with Crippen LogP contribution < -0.4 is 5.32 Å². The van der Waals surface area contributed by atoms with Crippen molar-refractivity contribution >= 4 is 27.5 Å². The number of nitrogens with zero attached hydrogens (tertiary/aromatic N) is 3. The summed E-state index contributed by atoms with van der Waals surface area (Å²) in [5.41, 5.74) is 0.443. The van der Waals surface area contributed by atoms with E-state index in [9.17, 15) is 10.1 Å². The van der Waals surface area contributed by atoms with E-state index in [0.717, 1.165) is 57.1 Å². The molecule has 26 heavy (non-hydrogen) atoms. The molecular formula is C20H24N4OS. The monoisotopic (exact) mass is 368 g/mol. The Morgan fingerprint density at radius 2 is 2.15 bits per heavy atom. The van der Waals surface area contributed by atoms with Gasteiger partial charge in [0, 0.05) is 12.5 Å². The molecule has 0 spiro atoms. The maximum absolute atomic E-state index is 12.5. The van der Waals surface area contributed by atoms with E-state index in [1.54, 1.807) is 11.3 Å². The van der Waals surface area contributed by atoms with E-state index < -0.39 is 5.54 Å². The minimum atomic E-state index is -0.626. The number of amides is 1. The van der Waals surface area contributed by atoms with Gasteiger partial charge in [0.1, 0.15) is 5.54 Å². The van der Waals surface area contributed by atoms with E-state index in [-0.39, 0.29) is 5.91 Å². The zero-order valence-electron chi connectivity index (χ0n) is 14.9. The summed E-state index contributed by atoms with van der Waals surface area (Å²) < 4.78 is 1.23. The minimum Gasteiger partial charge on any atom is -0.337 e. The van der Waals surface area contributed by atoms with Crippen LogP contribution in [0.2, 0.25) is 0 Å². The highest BCUT2D eigenvalue weighted by atomic mass is 32.1. The lowest BCUT2D eigenvalue weighted by atomic mass is 9.98. The van der Waals surface area contributed by atoms with Crippen molar-refractivity contribution in [3.05, 3.63) is 29.3 Å². The maximum atomic E-state index is 12.5. The average molecular weight is 369 g/mol. The standard InChI is InChI=1S/C20H24N4OS/c21-14-20(9-3-4-10-20)23-18(25)13-24-11-5-6-15(12-24)19-22-16-7-1-2-8-17(16)26-19/h1-2,7-8,15H,3-6,9-13H2,(H,23,25)/t15-/m0/s1. The molecule has 1 saturated carbocycles. The third-order valence-electron chi connectivity index (χ3n) is 5.58. The lowest BCUT2D eigenvalue weighted by Crippen LogP contribution is -2.50. The Bertz CT molecular complexity index is 801. The van der Waals surface area contributed by atoms with Crippen LogP contribution in [0.1, 0.15) is 49.5 Å². The van der Waals surface area contributed by atoms with Crippen LogP contribution in [0.5, 0.6) is 0 Å². The fourth-order valence-corrected chi connectivity index (χ4v) is 5.31. The molecule has 0 bridgehead atoms. The lowest BCUT2D eigenvalue weighted by Gasteiger charge is -2.32. The first-order chi connectivity index (χ1) is 12.7. The van der Waals surface area contributed by atoms with Gasteiger partial charge >= 0.3 is 0 Å². The molecule has 5 nitrogen and oxygen atoms in total. The normalized spacial score (nSPS) is 23.0. The van der Waals surface area contributed by atoms with Crippen LogP contribution in [-0.4, -0.2) is 41.0 Å². The largest absolute Gasteiger partial charge is 0.337 e. The summed E-state index contributed by atoms with van der Waals surface area (Å²) in [7, 11) is 0. The van der Waals surface area contributed by atoms with E-state index in [2.05, 4.69) is 34.5 Å². The number of rotatable bonds is 4. The number of fused-ring (bicyclic) bond motifs is 1. The number of nitriles is 1. The van der Waals surface area contributed by atoms with Gasteiger partial charge < -0.3 is 5.32 Å². The summed E-state index contributed by atoms with van der Waals surface area (Å²) in [6.45, 7) is 2.19. The van der Waals surface area contributed by atoms with Crippen LogP contribution in [0.3, 0.4) is 0 Å². The first-order valence-corrected chi connectivity index (χ1v) is 10.3. The molecule has 1 aliphatic heterocycles. The third-order valence-corrected chi connectivity index (χ3v) is 6.78. The number of nitrogens with one attached hydrogen (secondary N) is 1. The quantitative estimate of drug-likeness (QED) is 0.898. The number of benzene rings is 1. The lowest BCUT2D eigenvalue weighted by molar-refractivity contribution is -0.123. The molecule has 0 radical (unpaired) electrons. The highest BCUT2D eigenvalue weighted by Crippen LogP contribution is 2.33. The van der Waals surface area contributed by atoms with E-state index >= 15 is 0 Å². The molecule has 1 N–H and O–H groups in total. The van der Waals surface area contributed by atoms with Gasteiger partial charge in [0.25, 0.3) is 0 Å². The van der Waals surface area contributed by atoms with E-state index in [1.165, 1.54) is 9.71 Å². The van der Waals surface area contributed by atoms with Crippen molar-refractivity contribution in [2.75, 3.05) is 19.6 Å². The molecule has 1 saturated heterocycles. The predicted molar refractivity (Wildman–Crippen MR) is 103 cm³/mol. The number of para-hydroxylation sites is 1. The van der Waals surface area contributed by atoms with Crippen LogP contribution in [-0.2, 0) is 4.79 Å². The topological polar surface area (TPSA) is 69.0 Å². The molecule has 1 atom stereocenters. The zero-order chi connectivity index (χ0) is 18.0. The van der Waals surface area contributed by atoms with Gasteiger partial charge in [-0.2, -0.15) is 5.26 Å². The van der Waals surface area contributed by atoms with Gasteiger partial charge in [-0.3, -0.25) is 9.69 Å². The molecule has 1 aromatic carbocycles. The van der Waals surface area contributed by atoms with E-state index in [0.29, 0.717) is 12.5 Å². The van der Waals surface area contributed by atoms with Crippen molar-refractivity contribution in [3.8, 4) is 6.07 Å². The van der Waals surface area contributed by atoms with Crippen LogP contribution in [0, 0.1) is 11.3 Å². The number of likely N-dealkylation sites (tertiary alicyclic amines) is 1. The van der Waals surface area contributed by atoms with Crippen molar-refractivity contribution in [3.63, 3.8) is 0 Å². The van der Waals surface area contributed by atoms with E-state index in [4.69, 9.17) is 4.98 Å². The Balaban J connectivity index is 1.39. The zero-order valence-corrected chi connectivity index (χ0v) is 15.7. The fourth-order valence-electron chi connectivity index (χ4n) is 4.22. The summed E-state index contributed by atoms with van der Waals surface area (Å²) in [6.07, 6.45) is 5.82. The molecular weight excluding hydrogens is 344 g/mol. The second kappa shape index (κ2) is 7.34. The van der Waals surface area contributed by atoms with Crippen LogP contribution >= 0.6 is 11.3 Å². The van der Waals surface area contributed by atoms with Crippen molar-refractivity contribution < 1.29 is 4.79 Å². The number of hydrogen-bond donors (Lipinski definition) is 1. The van der Waals surface area contributed by atoms with Gasteiger partial charge in [-0.05, 0) is 57.2 Å². The minimum absolute atomic E-state index is 0.0154. The van der Waals surface area contributed by atoms with Gasteiger partial charge in [-0.25, -0.2) is 4.98 Å². The Kier molecular flexibility index (Phi) is 4.92. The summed E-state index contributed by atoms with van der Waals surface area (Å²) in [6, 6.07) is 10.6. The second-order valence-electron chi connectivity index (χ2n) is 7.54. The smallest absolute Gasteiger partial charge is 0.235 e. The third kappa shape index (κ3) is 3.60. The van der Waals surface area contributed by atoms with Crippen molar-refractivity contribution in [1.82, 2.24) is 15.2 Å². The van der Waals surface area contributed by atoms with Gasteiger partial charge in [0.05, 0.1) is 27.8 Å². The highest BCUT2D eigenvalue weighted by molar-refractivity contribution is 7.18. The molecule has 2 fully saturated rings. The Labute approximate surface area is 158 Å². The molecule has 1 aliphatic carbocycles. The van der Waals surface area contributed by atoms with Gasteiger partial charge in [0.15, 0.2) is 0 Å².